The quantitative estimate of drug-likeness (QED) is 0.471. The van der Waals surface area contributed by atoms with E-state index in [1.807, 2.05) is 36.4 Å². The third-order valence-electron chi connectivity index (χ3n) is 4.85. The fourth-order valence-electron chi connectivity index (χ4n) is 3.33. The van der Waals surface area contributed by atoms with Gasteiger partial charge in [0.05, 0.1) is 5.92 Å². The van der Waals surface area contributed by atoms with Gasteiger partial charge >= 0.3 is 11.9 Å². The summed E-state index contributed by atoms with van der Waals surface area (Å²) < 4.78 is 10.5. The number of aryl methyl sites for hydroxylation is 1. The Morgan fingerprint density at radius 3 is 2.24 bits per heavy atom. The van der Waals surface area contributed by atoms with Crippen LogP contribution in [0.4, 0.5) is 5.69 Å². The highest BCUT2D eigenvalue weighted by Crippen LogP contribution is 2.33. The molecule has 0 saturated carbocycles. The van der Waals surface area contributed by atoms with Gasteiger partial charge in [0.15, 0.2) is 5.92 Å². The summed E-state index contributed by atoms with van der Waals surface area (Å²) in [6.45, 7) is 7.54. The minimum Gasteiger partial charge on any atom is -0.422 e. The van der Waals surface area contributed by atoms with Gasteiger partial charge in [-0.2, -0.15) is 0 Å². The number of cyclic esters (lactones) is 2. The Hall–Kier alpha value is -3.26. The first kappa shape index (κ1) is 20.5. The van der Waals surface area contributed by atoms with Crippen molar-refractivity contribution in [2.24, 2.45) is 5.92 Å². The van der Waals surface area contributed by atoms with Gasteiger partial charge in [0, 0.05) is 26.1 Å². The summed E-state index contributed by atoms with van der Waals surface area (Å²) in [6.07, 6.45) is 0. The van der Waals surface area contributed by atoms with Crippen LogP contribution < -0.4 is 5.32 Å². The van der Waals surface area contributed by atoms with E-state index in [4.69, 9.17) is 9.47 Å². The second kappa shape index (κ2) is 8.40. The van der Waals surface area contributed by atoms with Crippen LogP contribution in [0, 0.1) is 24.7 Å². The first-order valence-corrected chi connectivity index (χ1v) is 9.57. The number of nitrogens with one attached hydrogen (secondary N) is 1. The van der Waals surface area contributed by atoms with Crippen molar-refractivity contribution in [1.82, 2.24) is 0 Å². The van der Waals surface area contributed by atoms with E-state index in [1.165, 1.54) is 25.0 Å². The summed E-state index contributed by atoms with van der Waals surface area (Å²) in [6, 6.07) is 15.8. The van der Waals surface area contributed by atoms with E-state index < -0.39 is 29.6 Å². The lowest BCUT2D eigenvalue weighted by Crippen LogP contribution is -2.48. The number of rotatable bonds is 5. The van der Waals surface area contributed by atoms with E-state index in [1.54, 1.807) is 6.92 Å². The molecule has 2 aromatic carbocycles. The molecule has 5 heteroatoms. The van der Waals surface area contributed by atoms with Crippen molar-refractivity contribution in [2.75, 3.05) is 5.32 Å². The summed E-state index contributed by atoms with van der Waals surface area (Å²) in [5, 5.41) is 3.39. The number of carbonyl (C=O) groups excluding carboxylic acids is 2. The Labute approximate surface area is 171 Å². The third kappa shape index (κ3) is 4.78. The highest BCUT2D eigenvalue weighted by Gasteiger charge is 2.47. The van der Waals surface area contributed by atoms with E-state index in [0.29, 0.717) is 6.54 Å². The van der Waals surface area contributed by atoms with E-state index >= 15 is 0 Å². The molecule has 3 rings (SSSR count). The molecule has 1 heterocycles. The summed E-state index contributed by atoms with van der Waals surface area (Å²) >= 11 is 0. The lowest BCUT2D eigenvalue weighted by atomic mass is 9.85. The van der Waals surface area contributed by atoms with Crippen molar-refractivity contribution in [3.8, 4) is 11.8 Å². The lowest BCUT2D eigenvalue weighted by Gasteiger charge is -2.34. The van der Waals surface area contributed by atoms with Crippen molar-refractivity contribution in [2.45, 2.75) is 45.9 Å². The van der Waals surface area contributed by atoms with E-state index in [2.05, 4.69) is 36.2 Å². The van der Waals surface area contributed by atoms with Gasteiger partial charge in [0.1, 0.15) is 0 Å². The first-order valence-electron chi connectivity index (χ1n) is 9.57. The van der Waals surface area contributed by atoms with Crippen LogP contribution in [0.25, 0.3) is 0 Å². The van der Waals surface area contributed by atoms with Gasteiger partial charge in [-0.3, -0.25) is 9.59 Å². The maximum absolute atomic E-state index is 12.5. The van der Waals surface area contributed by atoms with Gasteiger partial charge in [0.2, 0.25) is 0 Å². The Bertz CT molecular complexity index is 946. The van der Waals surface area contributed by atoms with Crippen molar-refractivity contribution >= 4 is 17.6 Å². The van der Waals surface area contributed by atoms with Gasteiger partial charge in [-0.1, -0.05) is 42.3 Å². The average molecular weight is 391 g/mol. The number of hydrogen-bond acceptors (Lipinski definition) is 5. The topological polar surface area (TPSA) is 64.6 Å². The molecule has 5 nitrogen and oxygen atoms in total. The molecule has 0 bridgehead atoms. The molecule has 0 aromatic heterocycles. The van der Waals surface area contributed by atoms with Crippen molar-refractivity contribution in [3.63, 3.8) is 0 Å². The Balaban J connectivity index is 1.77. The molecule has 1 fully saturated rings. The maximum Gasteiger partial charge on any atom is 0.325 e. The molecule has 1 unspecified atom stereocenters. The molecule has 0 spiro atoms. The average Bonchev–Trinajstić information content (AvgIpc) is 2.66. The normalized spacial score (nSPS) is 16.8. The largest absolute Gasteiger partial charge is 0.422 e. The van der Waals surface area contributed by atoms with Crippen LogP contribution in [-0.2, 0) is 25.6 Å². The zero-order valence-corrected chi connectivity index (χ0v) is 17.1. The lowest BCUT2D eigenvalue weighted by molar-refractivity contribution is -0.240. The Morgan fingerprint density at radius 2 is 1.66 bits per heavy atom. The second-order valence-corrected chi connectivity index (χ2v) is 7.49. The van der Waals surface area contributed by atoms with Crippen LogP contribution in [0.15, 0.2) is 48.5 Å². The molecular formula is C24H25NO4. The minimum atomic E-state index is -1.25. The highest BCUT2D eigenvalue weighted by atomic mass is 16.7. The van der Waals surface area contributed by atoms with E-state index in [9.17, 15) is 9.59 Å². The zero-order chi connectivity index (χ0) is 21.0. The Morgan fingerprint density at radius 1 is 1.03 bits per heavy atom. The molecule has 1 aliphatic rings. The number of hydrogen-bond donors (Lipinski definition) is 1. The molecule has 0 radical (unpaired) electrons. The fourth-order valence-corrected chi connectivity index (χ4v) is 3.33. The number of anilines is 1. The molecule has 29 heavy (non-hydrogen) atoms. The number of carbonyl (C=O) groups is 2. The van der Waals surface area contributed by atoms with Crippen molar-refractivity contribution in [1.29, 1.82) is 0 Å². The second-order valence-electron chi connectivity index (χ2n) is 7.49. The van der Waals surface area contributed by atoms with E-state index in [0.717, 1.165) is 11.3 Å². The summed E-state index contributed by atoms with van der Waals surface area (Å²) in [5.41, 5.74) is 4.16. The predicted molar refractivity (Wildman–Crippen MR) is 111 cm³/mol. The number of ether oxygens (including phenoxy) is 2. The van der Waals surface area contributed by atoms with E-state index in [-0.39, 0.29) is 0 Å². The molecule has 0 amide bonds. The number of esters is 2. The molecule has 150 valence electrons. The van der Waals surface area contributed by atoms with Crippen molar-refractivity contribution < 1.29 is 19.1 Å². The van der Waals surface area contributed by atoms with Crippen LogP contribution >= 0.6 is 0 Å². The monoisotopic (exact) mass is 391 g/mol. The molecule has 2 aromatic rings. The van der Waals surface area contributed by atoms with Crippen LogP contribution in [-0.4, -0.2) is 17.7 Å². The van der Waals surface area contributed by atoms with Gasteiger partial charge in [-0.15, -0.1) is 5.92 Å². The van der Waals surface area contributed by atoms with Crippen LogP contribution in [0.5, 0.6) is 0 Å². The molecule has 0 aliphatic carbocycles. The highest BCUT2D eigenvalue weighted by molar-refractivity contribution is 5.98. The third-order valence-corrected chi connectivity index (χ3v) is 4.85. The Kier molecular flexibility index (Phi) is 5.93. The van der Waals surface area contributed by atoms with Crippen LogP contribution in [0.1, 0.15) is 43.4 Å². The molecule has 1 aliphatic heterocycles. The summed E-state index contributed by atoms with van der Waals surface area (Å²) in [4.78, 5) is 24.9. The smallest absolute Gasteiger partial charge is 0.325 e. The molecule has 1 atom stereocenters. The predicted octanol–water partition coefficient (Wildman–Crippen LogP) is 4.17. The van der Waals surface area contributed by atoms with Gasteiger partial charge in [0.25, 0.3) is 5.79 Å². The molecule has 1 N–H and O–H groups in total. The van der Waals surface area contributed by atoms with Gasteiger partial charge < -0.3 is 14.8 Å². The minimum absolute atomic E-state index is 0.610. The molecule has 1 saturated heterocycles. The summed E-state index contributed by atoms with van der Waals surface area (Å²) in [5.74, 6) is 1.59. The van der Waals surface area contributed by atoms with Gasteiger partial charge in [-0.25, -0.2) is 0 Å². The standard InChI is InChI=1S/C24H25NO4/c1-5-8-20(21-22(26)28-24(3,4)29-23(21)27)17-11-13-19(14-12-17)25-15-18-10-7-6-9-16(18)2/h6-7,9-14,20-21,25H,15H2,1-4H3. The first-order chi connectivity index (χ1) is 13.8. The fraction of sp³-hybridized carbons (Fsp3) is 0.333. The van der Waals surface area contributed by atoms with Gasteiger partial charge in [-0.05, 0) is 42.7 Å². The van der Waals surface area contributed by atoms with Crippen LogP contribution in [0.2, 0.25) is 0 Å². The molecular weight excluding hydrogens is 366 g/mol. The SMILES string of the molecule is CC#CC(c1ccc(NCc2ccccc2C)cc1)C1C(=O)OC(C)(C)OC1=O. The van der Waals surface area contributed by atoms with Crippen LogP contribution in [0.3, 0.4) is 0 Å². The van der Waals surface area contributed by atoms with Crippen molar-refractivity contribution in [3.05, 3.63) is 65.2 Å². The maximum atomic E-state index is 12.5. The summed E-state index contributed by atoms with van der Waals surface area (Å²) in [7, 11) is 0. The number of benzene rings is 2. The zero-order valence-electron chi connectivity index (χ0n) is 17.1.